The Morgan fingerprint density at radius 3 is 2.78 bits per heavy atom. The number of ether oxygens (including phenoxy) is 1. The quantitative estimate of drug-likeness (QED) is 0.835. The van der Waals surface area contributed by atoms with Gasteiger partial charge in [-0.15, -0.1) is 0 Å². The number of methoxy groups -OCH3 is 1. The molecule has 23 heavy (non-hydrogen) atoms. The highest BCUT2D eigenvalue weighted by Crippen LogP contribution is 2.48. The van der Waals surface area contributed by atoms with Crippen molar-refractivity contribution in [3.05, 3.63) is 35.6 Å². The molecule has 1 aliphatic carbocycles. The smallest absolute Gasteiger partial charge is 0.230 e. The van der Waals surface area contributed by atoms with E-state index < -0.39 is 5.41 Å². The van der Waals surface area contributed by atoms with Crippen molar-refractivity contribution in [2.75, 3.05) is 39.9 Å². The van der Waals surface area contributed by atoms with Gasteiger partial charge in [0.25, 0.3) is 0 Å². The van der Waals surface area contributed by atoms with Gasteiger partial charge in [-0.3, -0.25) is 4.79 Å². The molecular formula is C18H25FN2O2. The Hall–Kier alpha value is -1.46. The van der Waals surface area contributed by atoms with Gasteiger partial charge in [0, 0.05) is 26.7 Å². The van der Waals surface area contributed by atoms with Crippen LogP contribution in [0.3, 0.4) is 0 Å². The van der Waals surface area contributed by atoms with Gasteiger partial charge in [-0.05, 0) is 49.4 Å². The minimum Gasteiger partial charge on any atom is -0.383 e. The zero-order valence-corrected chi connectivity index (χ0v) is 13.7. The molecule has 3 rings (SSSR count). The van der Waals surface area contributed by atoms with Crippen LogP contribution in [0, 0.1) is 11.7 Å². The maximum Gasteiger partial charge on any atom is 0.230 e. The van der Waals surface area contributed by atoms with Crippen molar-refractivity contribution in [2.45, 2.75) is 24.7 Å². The molecule has 126 valence electrons. The predicted octanol–water partition coefficient (Wildman–Crippen LogP) is 1.94. The number of carbonyl (C=O) groups is 1. The highest BCUT2D eigenvalue weighted by Gasteiger charge is 2.51. The van der Waals surface area contributed by atoms with Crippen molar-refractivity contribution in [1.82, 2.24) is 10.2 Å². The second-order valence-electron chi connectivity index (χ2n) is 6.75. The van der Waals surface area contributed by atoms with Gasteiger partial charge in [0.1, 0.15) is 5.82 Å². The summed E-state index contributed by atoms with van der Waals surface area (Å²) in [6.07, 6.45) is 2.83. The molecule has 0 bridgehead atoms. The minimum atomic E-state index is -0.415. The van der Waals surface area contributed by atoms with Crippen LogP contribution in [0.25, 0.3) is 0 Å². The number of benzene rings is 1. The number of nitrogens with one attached hydrogen (secondary N) is 1. The zero-order valence-electron chi connectivity index (χ0n) is 13.7. The summed E-state index contributed by atoms with van der Waals surface area (Å²) in [4.78, 5) is 15.0. The molecule has 1 saturated heterocycles. The topological polar surface area (TPSA) is 41.6 Å². The largest absolute Gasteiger partial charge is 0.383 e. The Bertz CT molecular complexity index is 542. The molecule has 1 aromatic carbocycles. The van der Waals surface area contributed by atoms with Crippen LogP contribution in [0.1, 0.15) is 24.8 Å². The molecule has 0 radical (unpaired) electrons. The first-order valence-electron chi connectivity index (χ1n) is 8.40. The maximum atomic E-state index is 13.1. The zero-order chi connectivity index (χ0) is 16.3. The monoisotopic (exact) mass is 320 g/mol. The van der Waals surface area contributed by atoms with Crippen LogP contribution in [-0.2, 0) is 14.9 Å². The van der Waals surface area contributed by atoms with Crippen molar-refractivity contribution in [3.63, 3.8) is 0 Å². The van der Waals surface area contributed by atoms with E-state index >= 15 is 0 Å². The summed E-state index contributed by atoms with van der Waals surface area (Å²) in [5.74, 6) is 0.353. The molecule has 1 amide bonds. The Kier molecular flexibility index (Phi) is 4.97. The summed E-state index contributed by atoms with van der Waals surface area (Å²) >= 11 is 0. The molecule has 1 atom stereocenters. The summed E-state index contributed by atoms with van der Waals surface area (Å²) in [7, 11) is 1.72. The fourth-order valence-electron chi connectivity index (χ4n) is 3.45. The fourth-order valence-corrected chi connectivity index (χ4v) is 3.45. The highest BCUT2D eigenvalue weighted by molar-refractivity contribution is 5.91. The van der Waals surface area contributed by atoms with Crippen LogP contribution >= 0.6 is 0 Å². The highest BCUT2D eigenvalue weighted by atomic mass is 19.1. The van der Waals surface area contributed by atoms with Gasteiger partial charge in [0.2, 0.25) is 5.91 Å². The number of amides is 1. The number of nitrogens with zero attached hydrogens (tertiary/aromatic N) is 1. The Balaban J connectivity index is 1.49. The van der Waals surface area contributed by atoms with Crippen LogP contribution < -0.4 is 5.32 Å². The summed E-state index contributed by atoms with van der Waals surface area (Å²) in [5.41, 5.74) is 0.520. The van der Waals surface area contributed by atoms with Crippen molar-refractivity contribution in [2.24, 2.45) is 5.92 Å². The Labute approximate surface area is 137 Å². The molecule has 1 N–H and O–H groups in total. The average molecular weight is 320 g/mol. The van der Waals surface area contributed by atoms with Gasteiger partial charge in [0.15, 0.2) is 0 Å². The molecule has 0 spiro atoms. The molecular weight excluding hydrogens is 295 g/mol. The molecule has 5 heteroatoms. The van der Waals surface area contributed by atoms with Crippen molar-refractivity contribution in [1.29, 1.82) is 0 Å². The van der Waals surface area contributed by atoms with Gasteiger partial charge in [-0.1, -0.05) is 12.1 Å². The van der Waals surface area contributed by atoms with Gasteiger partial charge in [-0.2, -0.15) is 0 Å². The van der Waals surface area contributed by atoms with Crippen LogP contribution in [-0.4, -0.2) is 50.7 Å². The summed E-state index contributed by atoms with van der Waals surface area (Å²) in [5, 5.41) is 3.13. The summed E-state index contributed by atoms with van der Waals surface area (Å²) in [6, 6.07) is 6.36. The van der Waals surface area contributed by atoms with E-state index in [1.165, 1.54) is 12.1 Å². The number of hydrogen-bond donors (Lipinski definition) is 1. The van der Waals surface area contributed by atoms with Gasteiger partial charge < -0.3 is 15.0 Å². The number of halogens is 1. The standard InChI is InChI=1S/C18H25FN2O2/c1-23-11-10-21-9-6-14(13-21)12-20-17(22)18(7-8-18)15-2-4-16(19)5-3-15/h2-5,14H,6-13H2,1H3,(H,20,22)/t14-/m1/s1. The van der Waals surface area contributed by atoms with Crippen LogP contribution in [0.5, 0.6) is 0 Å². The van der Waals surface area contributed by atoms with Crippen molar-refractivity contribution in [3.8, 4) is 0 Å². The second kappa shape index (κ2) is 6.97. The first-order valence-corrected chi connectivity index (χ1v) is 8.40. The first-order chi connectivity index (χ1) is 11.1. The number of rotatable bonds is 7. The number of likely N-dealkylation sites (tertiary alicyclic amines) is 1. The third kappa shape index (κ3) is 3.72. The van der Waals surface area contributed by atoms with E-state index in [-0.39, 0.29) is 11.7 Å². The Morgan fingerprint density at radius 1 is 1.39 bits per heavy atom. The SMILES string of the molecule is COCCN1CC[C@H](CNC(=O)C2(c3ccc(F)cc3)CC2)C1. The molecule has 1 aliphatic heterocycles. The van der Waals surface area contributed by atoms with E-state index in [2.05, 4.69) is 10.2 Å². The lowest BCUT2D eigenvalue weighted by atomic mass is 9.94. The molecule has 0 aromatic heterocycles. The predicted molar refractivity (Wildman–Crippen MR) is 86.7 cm³/mol. The molecule has 2 fully saturated rings. The molecule has 1 saturated carbocycles. The fraction of sp³-hybridized carbons (Fsp3) is 0.611. The third-order valence-corrected chi connectivity index (χ3v) is 5.11. The van der Waals surface area contributed by atoms with Gasteiger partial charge in [-0.25, -0.2) is 4.39 Å². The summed E-state index contributed by atoms with van der Waals surface area (Å²) in [6.45, 7) is 4.54. The second-order valence-corrected chi connectivity index (χ2v) is 6.75. The van der Waals surface area contributed by atoms with Gasteiger partial charge in [0.05, 0.1) is 12.0 Å². The lowest BCUT2D eigenvalue weighted by molar-refractivity contribution is -0.123. The van der Waals surface area contributed by atoms with Crippen molar-refractivity contribution >= 4 is 5.91 Å². The molecule has 2 aliphatic rings. The van der Waals surface area contributed by atoms with Crippen LogP contribution in [0.4, 0.5) is 4.39 Å². The van der Waals surface area contributed by atoms with E-state index in [0.29, 0.717) is 5.92 Å². The van der Waals surface area contributed by atoms with Gasteiger partial charge >= 0.3 is 0 Å². The molecule has 1 aromatic rings. The Morgan fingerprint density at radius 2 is 2.13 bits per heavy atom. The lowest BCUT2D eigenvalue weighted by Crippen LogP contribution is -2.38. The average Bonchev–Trinajstić information content (AvgIpc) is 3.25. The minimum absolute atomic E-state index is 0.0967. The lowest BCUT2D eigenvalue weighted by Gasteiger charge is -2.19. The van der Waals surface area contributed by atoms with E-state index in [1.807, 2.05) is 0 Å². The van der Waals surface area contributed by atoms with E-state index in [9.17, 15) is 9.18 Å². The van der Waals surface area contributed by atoms with E-state index in [1.54, 1.807) is 19.2 Å². The maximum absolute atomic E-state index is 13.1. The summed E-state index contributed by atoms with van der Waals surface area (Å²) < 4.78 is 18.2. The van der Waals surface area contributed by atoms with E-state index in [4.69, 9.17) is 4.74 Å². The molecule has 1 heterocycles. The number of hydrogen-bond acceptors (Lipinski definition) is 3. The molecule has 4 nitrogen and oxygen atoms in total. The first kappa shape index (κ1) is 16.4. The molecule has 0 unspecified atom stereocenters. The normalized spacial score (nSPS) is 23.0. The van der Waals surface area contributed by atoms with Crippen LogP contribution in [0.15, 0.2) is 24.3 Å². The number of carbonyl (C=O) groups excluding carboxylic acids is 1. The van der Waals surface area contributed by atoms with Crippen molar-refractivity contribution < 1.29 is 13.9 Å². The third-order valence-electron chi connectivity index (χ3n) is 5.11. The van der Waals surface area contributed by atoms with Crippen LogP contribution in [0.2, 0.25) is 0 Å². The van der Waals surface area contributed by atoms with E-state index in [0.717, 1.165) is 57.6 Å².